The van der Waals surface area contributed by atoms with Crippen LogP contribution >= 0.6 is 23.2 Å². The number of benzene rings is 1. The van der Waals surface area contributed by atoms with E-state index in [1.165, 1.54) is 0 Å². The van der Waals surface area contributed by atoms with Gasteiger partial charge in [0, 0.05) is 6.04 Å². The molecule has 0 radical (unpaired) electrons. The molecule has 0 bridgehead atoms. The van der Waals surface area contributed by atoms with E-state index in [0.717, 1.165) is 12.2 Å². The molecule has 1 aromatic heterocycles. The molecule has 1 atom stereocenters. The molecule has 1 aromatic carbocycles. The van der Waals surface area contributed by atoms with Gasteiger partial charge in [-0.3, -0.25) is 4.98 Å². The molecular weight excluding hydrogens is 295 g/mol. The minimum atomic E-state index is 0.212. The second kappa shape index (κ2) is 6.93. The van der Waals surface area contributed by atoms with E-state index in [9.17, 15) is 0 Å². The Hall–Kier alpha value is -1.29. The maximum Gasteiger partial charge on any atom is 0.147 e. The zero-order chi connectivity index (χ0) is 14.5. The molecule has 5 heteroatoms. The van der Waals surface area contributed by atoms with Crippen LogP contribution in [0.5, 0.6) is 11.5 Å². The molecule has 0 spiro atoms. The van der Waals surface area contributed by atoms with Crippen LogP contribution in [0, 0.1) is 0 Å². The number of hydrogen-bond acceptors (Lipinski definition) is 3. The average molecular weight is 311 g/mol. The molecule has 0 amide bonds. The van der Waals surface area contributed by atoms with Crippen molar-refractivity contribution < 1.29 is 4.74 Å². The fourth-order valence-electron chi connectivity index (χ4n) is 1.81. The van der Waals surface area contributed by atoms with Gasteiger partial charge in [-0.15, -0.1) is 0 Å². The summed E-state index contributed by atoms with van der Waals surface area (Å²) in [5, 5.41) is 4.17. The lowest BCUT2D eigenvalue weighted by Crippen LogP contribution is -2.18. The van der Waals surface area contributed by atoms with E-state index >= 15 is 0 Å². The molecule has 0 aliphatic rings. The summed E-state index contributed by atoms with van der Waals surface area (Å²) in [6, 6.07) is 9.29. The van der Waals surface area contributed by atoms with Gasteiger partial charge in [0.1, 0.15) is 16.5 Å². The predicted molar refractivity (Wildman–Crippen MR) is 82.9 cm³/mol. The molecule has 3 nitrogen and oxygen atoms in total. The smallest absolute Gasteiger partial charge is 0.147 e. The SMILES string of the molecule is CCNC(C)c1ccc(Oc2cccc(Cl)c2Cl)cn1. The third-order valence-corrected chi connectivity index (χ3v) is 3.66. The van der Waals surface area contributed by atoms with E-state index in [0.29, 0.717) is 21.5 Å². The Morgan fingerprint density at radius 3 is 2.70 bits per heavy atom. The van der Waals surface area contributed by atoms with Crippen LogP contribution in [-0.2, 0) is 0 Å². The highest BCUT2D eigenvalue weighted by Gasteiger charge is 2.08. The summed E-state index contributed by atoms with van der Waals surface area (Å²) < 4.78 is 5.69. The molecule has 1 heterocycles. The van der Waals surface area contributed by atoms with Crippen molar-refractivity contribution in [2.45, 2.75) is 19.9 Å². The van der Waals surface area contributed by atoms with Gasteiger partial charge in [0.05, 0.1) is 16.9 Å². The highest BCUT2D eigenvalue weighted by Crippen LogP contribution is 2.34. The largest absolute Gasteiger partial charge is 0.454 e. The van der Waals surface area contributed by atoms with E-state index in [4.69, 9.17) is 27.9 Å². The van der Waals surface area contributed by atoms with Crippen molar-refractivity contribution in [3.05, 3.63) is 52.3 Å². The van der Waals surface area contributed by atoms with E-state index in [1.807, 2.05) is 12.1 Å². The van der Waals surface area contributed by atoms with Gasteiger partial charge in [-0.25, -0.2) is 0 Å². The Labute approximate surface area is 128 Å². The van der Waals surface area contributed by atoms with Gasteiger partial charge in [-0.05, 0) is 37.7 Å². The number of ether oxygens (including phenoxy) is 1. The van der Waals surface area contributed by atoms with E-state index in [1.54, 1.807) is 24.4 Å². The zero-order valence-corrected chi connectivity index (χ0v) is 12.9. The Morgan fingerprint density at radius 1 is 1.25 bits per heavy atom. The first kappa shape index (κ1) is 15.1. The second-order valence-electron chi connectivity index (χ2n) is 4.35. The molecule has 1 unspecified atom stereocenters. The topological polar surface area (TPSA) is 34.1 Å². The minimum absolute atomic E-state index is 0.212. The first-order chi connectivity index (χ1) is 9.61. The predicted octanol–water partition coefficient (Wildman–Crippen LogP) is 4.85. The first-order valence-electron chi connectivity index (χ1n) is 6.43. The molecule has 0 saturated heterocycles. The van der Waals surface area contributed by atoms with Crippen molar-refractivity contribution in [2.24, 2.45) is 0 Å². The van der Waals surface area contributed by atoms with Crippen molar-refractivity contribution in [3.63, 3.8) is 0 Å². The number of hydrogen-bond donors (Lipinski definition) is 1. The number of rotatable bonds is 5. The van der Waals surface area contributed by atoms with Crippen molar-refractivity contribution in [3.8, 4) is 11.5 Å². The van der Waals surface area contributed by atoms with E-state index in [-0.39, 0.29) is 6.04 Å². The van der Waals surface area contributed by atoms with Gasteiger partial charge in [0.25, 0.3) is 0 Å². The van der Waals surface area contributed by atoms with E-state index < -0.39 is 0 Å². The monoisotopic (exact) mass is 310 g/mol. The molecular formula is C15H16Cl2N2O. The van der Waals surface area contributed by atoms with Crippen molar-refractivity contribution >= 4 is 23.2 Å². The second-order valence-corrected chi connectivity index (χ2v) is 5.14. The van der Waals surface area contributed by atoms with Crippen LogP contribution in [0.3, 0.4) is 0 Å². The van der Waals surface area contributed by atoms with Crippen molar-refractivity contribution in [1.82, 2.24) is 10.3 Å². The normalized spacial score (nSPS) is 12.2. The van der Waals surface area contributed by atoms with Gasteiger partial charge < -0.3 is 10.1 Å². The van der Waals surface area contributed by atoms with Crippen LogP contribution in [0.25, 0.3) is 0 Å². The van der Waals surface area contributed by atoms with Crippen LogP contribution in [-0.4, -0.2) is 11.5 Å². The molecule has 1 N–H and O–H groups in total. The van der Waals surface area contributed by atoms with Crippen LogP contribution in [0.1, 0.15) is 25.6 Å². The molecule has 20 heavy (non-hydrogen) atoms. The quantitative estimate of drug-likeness (QED) is 0.857. The first-order valence-corrected chi connectivity index (χ1v) is 7.18. The Bertz CT molecular complexity index is 573. The number of aromatic nitrogens is 1. The number of halogens is 2. The molecule has 2 aromatic rings. The highest BCUT2D eigenvalue weighted by molar-refractivity contribution is 6.42. The maximum atomic E-state index is 6.08. The molecule has 0 aliphatic heterocycles. The summed E-state index contributed by atoms with van der Waals surface area (Å²) in [5.41, 5.74) is 0.969. The fourth-order valence-corrected chi connectivity index (χ4v) is 2.14. The Kier molecular flexibility index (Phi) is 5.24. The summed E-state index contributed by atoms with van der Waals surface area (Å²) in [4.78, 5) is 4.38. The molecule has 0 saturated carbocycles. The lowest BCUT2D eigenvalue weighted by Gasteiger charge is -2.12. The molecule has 0 aliphatic carbocycles. The summed E-state index contributed by atoms with van der Waals surface area (Å²) in [5.74, 6) is 1.15. The summed E-state index contributed by atoms with van der Waals surface area (Å²) in [7, 11) is 0. The molecule has 2 rings (SSSR count). The minimum Gasteiger partial charge on any atom is -0.454 e. The zero-order valence-electron chi connectivity index (χ0n) is 11.4. The summed E-state index contributed by atoms with van der Waals surface area (Å²) in [6.07, 6.45) is 1.68. The third kappa shape index (κ3) is 3.63. The maximum absolute atomic E-state index is 6.08. The van der Waals surface area contributed by atoms with Crippen molar-refractivity contribution in [2.75, 3.05) is 6.54 Å². The number of nitrogens with zero attached hydrogens (tertiary/aromatic N) is 1. The number of pyridine rings is 1. The van der Waals surface area contributed by atoms with Gasteiger partial charge in [0.15, 0.2) is 0 Å². The fraction of sp³-hybridized carbons (Fsp3) is 0.267. The Balaban J connectivity index is 2.13. The van der Waals surface area contributed by atoms with E-state index in [2.05, 4.69) is 24.1 Å². The lowest BCUT2D eigenvalue weighted by atomic mass is 10.2. The van der Waals surface area contributed by atoms with Gasteiger partial charge in [-0.1, -0.05) is 36.2 Å². The average Bonchev–Trinajstić information content (AvgIpc) is 2.45. The van der Waals surface area contributed by atoms with Crippen LogP contribution in [0.15, 0.2) is 36.5 Å². The number of nitrogens with one attached hydrogen (secondary N) is 1. The summed E-state index contributed by atoms with van der Waals surface area (Å²) >= 11 is 12.0. The van der Waals surface area contributed by atoms with Crippen molar-refractivity contribution in [1.29, 1.82) is 0 Å². The lowest BCUT2D eigenvalue weighted by molar-refractivity contribution is 0.478. The van der Waals surface area contributed by atoms with Crippen LogP contribution in [0.2, 0.25) is 10.0 Å². The van der Waals surface area contributed by atoms with Gasteiger partial charge >= 0.3 is 0 Å². The van der Waals surface area contributed by atoms with Crippen LogP contribution < -0.4 is 10.1 Å². The van der Waals surface area contributed by atoms with Crippen LogP contribution in [0.4, 0.5) is 0 Å². The molecule has 106 valence electrons. The highest BCUT2D eigenvalue weighted by atomic mass is 35.5. The summed E-state index contributed by atoms with van der Waals surface area (Å²) in [6.45, 7) is 5.04. The standard InChI is InChI=1S/C15H16Cl2N2O/c1-3-18-10(2)13-8-7-11(9-19-13)20-14-6-4-5-12(16)15(14)17/h4-10,18H,3H2,1-2H3. The third-order valence-electron chi connectivity index (χ3n) is 2.86. The van der Waals surface area contributed by atoms with Gasteiger partial charge in [0.2, 0.25) is 0 Å². The Morgan fingerprint density at radius 2 is 2.05 bits per heavy atom. The van der Waals surface area contributed by atoms with Gasteiger partial charge in [-0.2, -0.15) is 0 Å². The molecule has 0 fully saturated rings.